The minimum Gasteiger partial charge on any atom is -0.343 e. The number of carbonyl (C=O) groups is 1. The second kappa shape index (κ2) is 7.48. The Hall–Kier alpha value is -3.74. The maximum Gasteiger partial charge on any atom is 0.251 e. The molecule has 0 fully saturated rings. The minimum atomic E-state index is -0.198. The van der Waals surface area contributed by atoms with Crippen LogP contribution in [-0.4, -0.2) is 25.6 Å². The first-order valence-corrected chi connectivity index (χ1v) is 8.88. The topological polar surface area (TPSA) is 85.8 Å². The fourth-order valence-corrected chi connectivity index (χ4v) is 3.04. The lowest BCUT2D eigenvalue weighted by atomic mass is 10.2. The molecule has 0 unspecified atom stereocenters. The Morgan fingerprint density at radius 2 is 1.68 bits per heavy atom. The van der Waals surface area contributed by atoms with Gasteiger partial charge in [0.25, 0.3) is 5.91 Å². The highest BCUT2D eigenvalue weighted by Gasteiger charge is 2.11. The van der Waals surface area contributed by atoms with E-state index >= 15 is 0 Å². The molecule has 0 atom stereocenters. The highest BCUT2D eigenvalue weighted by molar-refractivity contribution is 5.94. The van der Waals surface area contributed by atoms with Crippen molar-refractivity contribution in [1.82, 2.24) is 25.0 Å². The zero-order chi connectivity index (χ0) is 19.5. The molecule has 0 saturated carbocycles. The summed E-state index contributed by atoms with van der Waals surface area (Å²) >= 11 is 0. The van der Waals surface area contributed by atoms with Crippen LogP contribution in [0.4, 0.5) is 0 Å². The number of hydrogen-bond donors (Lipinski definition) is 1. The highest BCUT2D eigenvalue weighted by Crippen LogP contribution is 2.17. The molecule has 3 heterocycles. The Balaban J connectivity index is 1.41. The van der Waals surface area contributed by atoms with Gasteiger partial charge in [-0.15, -0.1) is 0 Å². The van der Waals surface area contributed by atoms with Crippen molar-refractivity contribution in [1.29, 1.82) is 0 Å². The van der Waals surface area contributed by atoms with Crippen molar-refractivity contribution in [3.63, 3.8) is 0 Å². The minimum absolute atomic E-state index is 0.161. The van der Waals surface area contributed by atoms with Crippen LogP contribution in [0.1, 0.15) is 27.6 Å². The molecule has 4 rings (SSSR count). The number of nitrogens with zero attached hydrogens (tertiary/aromatic N) is 4. The van der Waals surface area contributed by atoms with Crippen LogP contribution in [0.3, 0.4) is 0 Å². The van der Waals surface area contributed by atoms with E-state index in [4.69, 9.17) is 4.52 Å². The molecule has 0 aliphatic rings. The molecule has 1 aromatic carbocycles. The lowest BCUT2D eigenvalue weighted by molar-refractivity contribution is 0.0946. The van der Waals surface area contributed by atoms with Gasteiger partial charge in [0.15, 0.2) is 0 Å². The standard InChI is InChI=1S/C21H19N5O2/c1-14-3-4-15(2)26(14)18-7-5-17(6-8-18)21(27)23-13-19-24-20(25-28-19)16-9-11-22-12-10-16/h3-12H,13H2,1-2H3,(H,23,27). The summed E-state index contributed by atoms with van der Waals surface area (Å²) in [5, 5.41) is 6.73. The fraction of sp³-hybridized carbons (Fsp3) is 0.143. The molecule has 0 aliphatic heterocycles. The second-order valence-corrected chi connectivity index (χ2v) is 6.43. The van der Waals surface area contributed by atoms with Crippen LogP contribution in [0.15, 0.2) is 65.4 Å². The molecule has 1 amide bonds. The molecule has 4 aromatic rings. The molecule has 0 aliphatic carbocycles. The van der Waals surface area contributed by atoms with E-state index in [1.165, 1.54) is 0 Å². The summed E-state index contributed by atoms with van der Waals surface area (Å²) in [4.78, 5) is 20.7. The summed E-state index contributed by atoms with van der Waals surface area (Å²) in [7, 11) is 0. The van der Waals surface area contributed by atoms with E-state index in [0.717, 1.165) is 22.6 Å². The van der Waals surface area contributed by atoms with Gasteiger partial charge < -0.3 is 14.4 Å². The number of pyridine rings is 1. The van der Waals surface area contributed by atoms with Gasteiger partial charge in [-0.25, -0.2) is 0 Å². The summed E-state index contributed by atoms with van der Waals surface area (Å²) in [6.45, 7) is 4.27. The van der Waals surface area contributed by atoms with E-state index in [9.17, 15) is 4.79 Å². The van der Waals surface area contributed by atoms with Gasteiger partial charge in [-0.2, -0.15) is 4.98 Å². The van der Waals surface area contributed by atoms with E-state index in [-0.39, 0.29) is 12.5 Å². The molecule has 3 aromatic heterocycles. The molecule has 1 N–H and O–H groups in total. The molecule has 0 radical (unpaired) electrons. The van der Waals surface area contributed by atoms with Gasteiger partial charge in [0, 0.05) is 40.6 Å². The summed E-state index contributed by atoms with van der Waals surface area (Å²) in [5.74, 6) is 0.611. The largest absolute Gasteiger partial charge is 0.343 e. The molecule has 0 spiro atoms. The van der Waals surface area contributed by atoms with Gasteiger partial charge in [-0.3, -0.25) is 9.78 Å². The Labute approximate surface area is 162 Å². The fourth-order valence-electron chi connectivity index (χ4n) is 3.04. The van der Waals surface area contributed by atoms with Crippen molar-refractivity contribution in [2.45, 2.75) is 20.4 Å². The predicted octanol–water partition coefficient (Wildman–Crippen LogP) is 3.47. The third-order valence-electron chi connectivity index (χ3n) is 4.47. The molecule has 140 valence electrons. The molecule has 0 bridgehead atoms. The van der Waals surface area contributed by atoms with Crippen LogP contribution < -0.4 is 5.32 Å². The molecule has 28 heavy (non-hydrogen) atoms. The third kappa shape index (κ3) is 3.55. The zero-order valence-corrected chi connectivity index (χ0v) is 15.6. The zero-order valence-electron chi connectivity index (χ0n) is 15.6. The normalized spacial score (nSPS) is 10.8. The first-order chi connectivity index (χ1) is 13.6. The molecule has 7 heteroatoms. The van der Waals surface area contributed by atoms with Crippen LogP contribution >= 0.6 is 0 Å². The Kier molecular flexibility index (Phi) is 4.72. The van der Waals surface area contributed by atoms with Crippen molar-refractivity contribution >= 4 is 5.91 Å². The van der Waals surface area contributed by atoms with Gasteiger partial charge in [-0.1, -0.05) is 5.16 Å². The second-order valence-electron chi connectivity index (χ2n) is 6.43. The maximum absolute atomic E-state index is 12.4. The van der Waals surface area contributed by atoms with Crippen molar-refractivity contribution < 1.29 is 9.32 Å². The number of aryl methyl sites for hydroxylation is 2. The van der Waals surface area contributed by atoms with E-state index in [0.29, 0.717) is 17.3 Å². The Morgan fingerprint density at radius 1 is 1.00 bits per heavy atom. The van der Waals surface area contributed by atoms with Crippen molar-refractivity contribution in [2.75, 3.05) is 0 Å². The average molecular weight is 373 g/mol. The number of nitrogens with one attached hydrogen (secondary N) is 1. The summed E-state index contributed by atoms with van der Waals surface area (Å²) in [6.07, 6.45) is 3.32. The van der Waals surface area contributed by atoms with Crippen molar-refractivity contribution in [3.8, 4) is 17.1 Å². The van der Waals surface area contributed by atoms with E-state index in [1.807, 2.05) is 12.1 Å². The highest BCUT2D eigenvalue weighted by atomic mass is 16.5. The first-order valence-electron chi connectivity index (χ1n) is 8.88. The smallest absolute Gasteiger partial charge is 0.251 e. The van der Waals surface area contributed by atoms with Gasteiger partial charge in [0.1, 0.15) is 0 Å². The van der Waals surface area contributed by atoms with Gasteiger partial charge >= 0.3 is 0 Å². The number of aromatic nitrogens is 4. The first kappa shape index (κ1) is 17.7. The maximum atomic E-state index is 12.4. The summed E-state index contributed by atoms with van der Waals surface area (Å²) in [5.41, 5.74) is 4.70. The van der Waals surface area contributed by atoms with Crippen LogP contribution in [0, 0.1) is 13.8 Å². The van der Waals surface area contributed by atoms with E-state index in [2.05, 4.69) is 51.0 Å². The number of hydrogen-bond acceptors (Lipinski definition) is 5. The third-order valence-corrected chi connectivity index (χ3v) is 4.47. The number of benzene rings is 1. The van der Waals surface area contributed by atoms with E-state index < -0.39 is 0 Å². The molecular weight excluding hydrogens is 354 g/mol. The Morgan fingerprint density at radius 3 is 2.36 bits per heavy atom. The lowest BCUT2D eigenvalue weighted by Crippen LogP contribution is -2.22. The predicted molar refractivity (Wildman–Crippen MR) is 104 cm³/mol. The Bertz CT molecular complexity index is 1080. The SMILES string of the molecule is Cc1ccc(C)n1-c1ccc(C(=O)NCc2nc(-c3ccncc3)no2)cc1. The molecule has 7 nitrogen and oxygen atoms in total. The van der Waals surface area contributed by atoms with Gasteiger partial charge in [0.2, 0.25) is 11.7 Å². The monoisotopic (exact) mass is 373 g/mol. The van der Waals surface area contributed by atoms with Gasteiger partial charge in [0.05, 0.1) is 6.54 Å². The number of rotatable bonds is 5. The van der Waals surface area contributed by atoms with Crippen LogP contribution in [0.25, 0.3) is 17.1 Å². The van der Waals surface area contributed by atoms with Crippen molar-refractivity contribution in [2.24, 2.45) is 0 Å². The lowest BCUT2D eigenvalue weighted by Gasteiger charge is -2.10. The van der Waals surface area contributed by atoms with E-state index in [1.54, 1.807) is 36.7 Å². The van der Waals surface area contributed by atoms with Crippen LogP contribution in [0.5, 0.6) is 0 Å². The van der Waals surface area contributed by atoms with Gasteiger partial charge in [-0.05, 0) is 62.4 Å². The quantitative estimate of drug-likeness (QED) is 0.579. The van der Waals surface area contributed by atoms with Crippen LogP contribution in [-0.2, 0) is 6.54 Å². The summed E-state index contributed by atoms with van der Waals surface area (Å²) < 4.78 is 7.34. The molecule has 0 saturated heterocycles. The summed E-state index contributed by atoms with van der Waals surface area (Å²) in [6, 6.07) is 15.2. The van der Waals surface area contributed by atoms with Crippen LogP contribution in [0.2, 0.25) is 0 Å². The average Bonchev–Trinajstić information content (AvgIpc) is 3.33. The number of amides is 1. The molecular formula is C21H19N5O2. The number of carbonyl (C=O) groups excluding carboxylic acids is 1. The van der Waals surface area contributed by atoms with Crippen molar-refractivity contribution in [3.05, 3.63) is 83.8 Å².